The molecule has 0 N–H and O–H groups in total. The summed E-state index contributed by atoms with van der Waals surface area (Å²) in [6.07, 6.45) is 6.13. The van der Waals surface area contributed by atoms with Gasteiger partial charge >= 0.3 is 0 Å². The zero-order valence-corrected chi connectivity index (χ0v) is 15.6. The number of benzene rings is 2. The van der Waals surface area contributed by atoms with E-state index in [0.717, 1.165) is 29.5 Å². The van der Waals surface area contributed by atoms with Crippen molar-refractivity contribution >= 4 is 0 Å². The van der Waals surface area contributed by atoms with Crippen molar-refractivity contribution in [2.24, 2.45) is 11.8 Å². The van der Waals surface area contributed by atoms with Crippen molar-refractivity contribution in [2.45, 2.75) is 43.6 Å². The van der Waals surface area contributed by atoms with Crippen LogP contribution in [0.2, 0.25) is 0 Å². The second-order valence-corrected chi connectivity index (χ2v) is 8.24. The normalized spacial score (nSPS) is 26.2. The van der Waals surface area contributed by atoms with Crippen molar-refractivity contribution < 1.29 is 0 Å². The summed E-state index contributed by atoms with van der Waals surface area (Å²) in [4.78, 5) is 2.56. The van der Waals surface area contributed by atoms with Crippen LogP contribution in [0.25, 0.3) is 0 Å². The first-order valence-corrected chi connectivity index (χ1v) is 9.95. The standard InChI is InChI=1S/C24H28N2/c1-26-14-8-9-20-15-19(16-23(20)26)17-24(18-25,21-10-4-2-5-11-21)22-12-6-3-7-13-22/h2-7,10-13,19-20,23H,8-9,14-17H2,1H3. The van der Waals surface area contributed by atoms with E-state index in [1.165, 1.54) is 32.2 Å². The number of hydrogen-bond acceptors (Lipinski definition) is 2. The van der Waals surface area contributed by atoms with Crippen LogP contribution in [0.3, 0.4) is 0 Å². The molecule has 26 heavy (non-hydrogen) atoms. The van der Waals surface area contributed by atoms with Gasteiger partial charge in [-0.25, -0.2) is 0 Å². The minimum absolute atomic E-state index is 0.542. The van der Waals surface area contributed by atoms with Gasteiger partial charge in [-0.15, -0.1) is 0 Å². The molecular formula is C24H28N2. The number of hydrogen-bond donors (Lipinski definition) is 0. The van der Waals surface area contributed by atoms with Gasteiger partial charge in [0.2, 0.25) is 0 Å². The summed E-state index contributed by atoms with van der Waals surface area (Å²) in [5.74, 6) is 1.44. The van der Waals surface area contributed by atoms with Crippen LogP contribution in [0.5, 0.6) is 0 Å². The van der Waals surface area contributed by atoms with Gasteiger partial charge in [0, 0.05) is 6.04 Å². The highest BCUT2D eigenvalue weighted by atomic mass is 15.1. The molecule has 2 heteroatoms. The van der Waals surface area contributed by atoms with Crippen LogP contribution in [0.15, 0.2) is 60.7 Å². The zero-order valence-electron chi connectivity index (χ0n) is 15.6. The molecule has 0 radical (unpaired) electrons. The summed E-state index contributed by atoms with van der Waals surface area (Å²) in [5.41, 5.74) is 1.73. The number of nitrogens with zero attached hydrogens (tertiary/aromatic N) is 2. The second kappa shape index (κ2) is 7.25. The summed E-state index contributed by atoms with van der Waals surface area (Å²) in [7, 11) is 2.28. The third-order valence-electron chi connectivity index (χ3n) is 6.73. The lowest BCUT2D eigenvalue weighted by Gasteiger charge is -2.34. The first kappa shape index (κ1) is 17.3. The first-order valence-electron chi connectivity index (χ1n) is 9.95. The Morgan fingerprint density at radius 3 is 2.15 bits per heavy atom. The van der Waals surface area contributed by atoms with E-state index < -0.39 is 5.41 Å². The van der Waals surface area contributed by atoms with Crippen molar-refractivity contribution in [2.75, 3.05) is 13.6 Å². The van der Waals surface area contributed by atoms with Crippen molar-refractivity contribution in [1.29, 1.82) is 5.26 Å². The van der Waals surface area contributed by atoms with Crippen LogP contribution in [0.1, 0.15) is 43.2 Å². The van der Waals surface area contributed by atoms with E-state index in [2.05, 4.69) is 66.5 Å². The van der Waals surface area contributed by atoms with Crippen molar-refractivity contribution in [3.8, 4) is 6.07 Å². The average Bonchev–Trinajstić information content (AvgIpc) is 3.11. The van der Waals surface area contributed by atoms with E-state index in [-0.39, 0.29) is 0 Å². The summed E-state index contributed by atoms with van der Waals surface area (Å²) >= 11 is 0. The van der Waals surface area contributed by atoms with Crippen molar-refractivity contribution in [3.63, 3.8) is 0 Å². The highest BCUT2D eigenvalue weighted by Crippen LogP contribution is 2.47. The third-order valence-corrected chi connectivity index (χ3v) is 6.73. The summed E-state index contributed by atoms with van der Waals surface area (Å²) < 4.78 is 0. The molecule has 1 aliphatic carbocycles. The van der Waals surface area contributed by atoms with Crippen LogP contribution < -0.4 is 0 Å². The Bertz CT molecular complexity index is 722. The topological polar surface area (TPSA) is 27.0 Å². The molecule has 1 aliphatic heterocycles. The Labute approximate surface area is 157 Å². The van der Waals surface area contributed by atoms with Gasteiger partial charge in [0.25, 0.3) is 0 Å². The van der Waals surface area contributed by atoms with E-state index in [4.69, 9.17) is 0 Å². The SMILES string of the molecule is CN1CCCC2CC(CC(C#N)(c3ccccc3)c3ccccc3)CC21. The molecule has 2 aliphatic rings. The highest BCUT2D eigenvalue weighted by Gasteiger charge is 2.44. The highest BCUT2D eigenvalue weighted by molar-refractivity contribution is 5.46. The second-order valence-electron chi connectivity index (χ2n) is 8.24. The monoisotopic (exact) mass is 344 g/mol. The molecule has 0 bridgehead atoms. The largest absolute Gasteiger partial charge is 0.303 e. The molecule has 0 amide bonds. The fraction of sp³-hybridized carbons (Fsp3) is 0.458. The molecule has 2 fully saturated rings. The molecule has 3 atom stereocenters. The van der Waals surface area contributed by atoms with Crippen LogP contribution in [-0.4, -0.2) is 24.5 Å². The maximum absolute atomic E-state index is 10.4. The number of nitriles is 1. The lowest BCUT2D eigenvalue weighted by atomic mass is 9.69. The fourth-order valence-corrected chi connectivity index (χ4v) is 5.46. The molecule has 3 unspecified atom stereocenters. The number of fused-ring (bicyclic) bond motifs is 1. The molecule has 0 spiro atoms. The van der Waals surface area contributed by atoms with Gasteiger partial charge in [0.05, 0.1) is 6.07 Å². The van der Waals surface area contributed by atoms with Gasteiger partial charge in [0.15, 0.2) is 0 Å². The van der Waals surface area contributed by atoms with E-state index in [9.17, 15) is 5.26 Å². The summed E-state index contributed by atoms with van der Waals surface area (Å²) in [5, 5.41) is 10.4. The maximum Gasteiger partial charge on any atom is 0.107 e. The van der Waals surface area contributed by atoms with Gasteiger partial charge in [-0.1, -0.05) is 60.7 Å². The molecule has 134 valence electrons. The maximum atomic E-state index is 10.4. The predicted molar refractivity (Wildman–Crippen MR) is 106 cm³/mol. The molecule has 4 rings (SSSR count). The van der Waals surface area contributed by atoms with Crippen LogP contribution in [0, 0.1) is 23.2 Å². The van der Waals surface area contributed by atoms with E-state index >= 15 is 0 Å². The molecular weight excluding hydrogens is 316 g/mol. The van der Waals surface area contributed by atoms with Gasteiger partial charge in [-0.2, -0.15) is 5.26 Å². The Morgan fingerprint density at radius 1 is 1.00 bits per heavy atom. The molecule has 1 saturated heterocycles. The number of likely N-dealkylation sites (tertiary alicyclic amines) is 1. The average molecular weight is 345 g/mol. The molecule has 0 aromatic heterocycles. The lowest BCUT2D eigenvalue weighted by molar-refractivity contribution is 0.144. The van der Waals surface area contributed by atoms with E-state index in [1.807, 2.05) is 12.1 Å². The minimum atomic E-state index is -0.542. The van der Waals surface area contributed by atoms with E-state index in [1.54, 1.807) is 0 Å². The molecule has 1 saturated carbocycles. The number of piperidine rings is 1. The zero-order chi connectivity index (χ0) is 18.0. The van der Waals surface area contributed by atoms with E-state index in [0.29, 0.717) is 5.92 Å². The number of rotatable bonds is 4. The van der Waals surface area contributed by atoms with Crippen LogP contribution in [-0.2, 0) is 5.41 Å². The Balaban J connectivity index is 1.68. The third kappa shape index (κ3) is 3.06. The summed E-state index contributed by atoms with van der Waals surface area (Å²) in [6, 6.07) is 24.3. The predicted octanol–water partition coefficient (Wildman–Crippen LogP) is 5.01. The minimum Gasteiger partial charge on any atom is -0.303 e. The Hall–Kier alpha value is -2.11. The van der Waals surface area contributed by atoms with Gasteiger partial charge in [-0.3, -0.25) is 0 Å². The quantitative estimate of drug-likeness (QED) is 0.780. The van der Waals surface area contributed by atoms with Gasteiger partial charge < -0.3 is 4.90 Å². The fourth-order valence-electron chi connectivity index (χ4n) is 5.46. The van der Waals surface area contributed by atoms with Crippen molar-refractivity contribution in [3.05, 3.63) is 71.8 Å². The smallest absolute Gasteiger partial charge is 0.107 e. The molecule has 2 aromatic rings. The Morgan fingerprint density at radius 2 is 1.62 bits per heavy atom. The van der Waals surface area contributed by atoms with Gasteiger partial charge in [0.1, 0.15) is 5.41 Å². The Kier molecular flexibility index (Phi) is 4.83. The summed E-state index contributed by atoms with van der Waals surface area (Å²) in [6.45, 7) is 1.23. The van der Waals surface area contributed by atoms with Crippen LogP contribution >= 0.6 is 0 Å². The molecule has 2 nitrogen and oxygen atoms in total. The molecule has 2 aromatic carbocycles. The molecule has 1 heterocycles. The van der Waals surface area contributed by atoms with Crippen LogP contribution in [0.4, 0.5) is 0 Å². The van der Waals surface area contributed by atoms with Crippen molar-refractivity contribution in [1.82, 2.24) is 4.90 Å². The van der Waals surface area contributed by atoms with Gasteiger partial charge in [-0.05, 0) is 68.7 Å². The lowest BCUT2D eigenvalue weighted by Crippen LogP contribution is -2.39. The first-order chi connectivity index (χ1) is 12.7.